The van der Waals surface area contributed by atoms with Crippen LogP contribution in [0.3, 0.4) is 0 Å². The molecule has 1 aliphatic rings. The fraction of sp³-hybridized carbons (Fsp3) is 0.611. The van der Waals surface area contributed by atoms with E-state index in [9.17, 15) is 0 Å². The Morgan fingerprint density at radius 2 is 2.09 bits per heavy atom. The fourth-order valence-electron chi connectivity index (χ4n) is 2.52. The van der Waals surface area contributed by atoms with E-state index in [4.69, 9.17) is 15.2 Å². The highest BCUT2D eigenvalue weighted by atomic mass is 16.5. The average molecular weight is 319 g/mol. The molecular weight excluding hydrogens is 290 g/mol. The molecule has 0 aliphatic carbocycles. The van der Waals surface area contributed by atoms with Crippen LogP contribution in [0.25, 0.3) is 0 Å². The molecule has 0 unspecified atom stereocenters. The molecule has 0 amide bonds. The Morgan fingerprint density at radius 1 is 1.30 bits per heavy atom. The van der Waals surface area contributed by atoms with Gasteiger partial charge in [-0.1, -0.05) is 31.9 Å². The van der Waals surface area contributed by atoms with Gasteiger partial charge in [0.25, 0.3) is 0 Å². The summed E-state index contributed by atoms with van der Waals surface area (Å²) in [5, 5.41) is 0. The maximum absolute atomic E-state index is 6.10. The minimum atomic E-state index is 0.548. The van der Waals surface area contributed by atoms with Crippen LogP contribution in [0.5, 0.6) is 5.75 Å². The van der Waals surface area contributed by atoms with Gasteiger partial charge >= 0.3 is 0 Å². The number of hydrogen-bond donors (Lipinski definition) is 1. The molecule has 5 nitrogen and oxygen atoms in total. The largest absolute Gasteiger partial charge is 0.493 e. The van der Waals surface area contributed by atoms with Crippen LogP contribution in [0.2, 0.25) is 0 Å². The van der Waals surface area contributed by atoms with Crippen LogP contribution in [-0.4, -0.2) is 43.8 Å². The lowest BCUT2D eigenvalue weighted by molar-refractivity contribution is 0.0674. The molecule has 0 saturated carbocycles. The van der Waals surface area contributed by atoms with Gasteiger partial charge in [-0.25, -0.2) is 4.99 Å². The van der Waals surface area contributed by atoms with Gasteiger partial charge in [0, 0.05) is 18.7 Å². The van der Waals surface area contributed by atoms with Crippen molar-refractivity contribution in [1.82, 2.24) is 4.90 Å². The number of guanidine groups is 1. The van der Waals surface area contributed by atoms with Gasteiger partial charge in [0.2, 0.25) is 0 Å². The monoisotopic (exact) mass is 319 g/mol. The van der Waals surface area contributed by atoms with Crippen LogP contribution in [0.1, 0.15) is 37.3 Å². The van der Waals surface area contributed by atoms with Gasteiger partial charge in [-0.15, -0.1) is 0 Å². The summed E-state index contributed by atoms with van der Waals surface area (Å²) in [5.74, 6) is 1.52. The van der Waals surface area contributed by atoms with Crippen LogP contribution in [0.15, 0.2) is 23.2 Å². The quantitative estimate of drug-likeness (QED) is 0.477. The Bertz CT molecular complexity index is 511. The summed E-state index contributed by atoms with van der Waals surface area (Å²) < 4.78 is 11.3. The molecule has 0 radical (unpaired) electrons. The van der Waals surface area contributed by atoms with Crippen molar-refractivity contribution in [3.63, 3.8) is 0 Å². The smallest absolute Gasteiger partial charge is 0.191 e. The Hall–Kier alpha value is -1.75. The third-order valence-electron chi connectivity index (χ3n) is 3.97. The lowest BCUT2D eigenvalue weighted by Crippen LogP contribution is -2.44. The van der Waals surface area contributed by atoms with Gasteiger partial charge in [-0.05, 0) is 25.0 Å². The summed E-state index contributed by atoms with van der Waals surface area (Å²) in [4.78, 5) is 6.61. The van der Waals surface area contributed by atoms with Crippen molar-refractivity contribution in [2.75, 3.05) is 32.9 Å². The molecule has 1 fully saturated rings. The van der Waals surface area contributed by atoms with Crippen molar-refractivity contribution in [3.05, 3.63) is 29.3 Å². The molecule has 2 rings (SSSR count). The normalized spacial score (nSPS) is 15.7. The summed E-state index contributed by atoms with van der Waals surface area (Å²) in [5.41, 5.74) is 8.38. The maximum atomic E-state index is 6.10. The molecule has 1 aromatic carbocycles. The fourth-order valence-corrected chi connectivity index (χ4v) is 2.52. The van der Waals surface area contributed by atoms with E-state index in [2.05, 4.69) is 41.9 Å². The summed E-state index contributed by atoms with van der Waals surface area (Å²) in [6.45, 7) is 8.63. The number of ether oxygens (including phenoxy) is 2. The molecule has 1 saturated heterocycles. The molecule has 2 N–H and O–H groups in total. The van der Waals surface area contributed by atoms with Crippen molar-refractivity contribution >= 4 is 5.96 Å². The number of unbranched alkanes of at least 4 members (excludes halogenated alkanes) is 2. The first-order valence-corrected chi connectivity index (χ1v) is 8.55. The Labute approximate surface area is 139 Å². The Morgan fingerprint density at radius 3 is 2.83 bits per heavy atom. The summed E-state index contributed by atoms with van der Waals surface area (Å²) in [7, 11) is 0. The van der Waals surface area contributed by atoms with E-state index < -0.39 is 0 Å². The van der Waals surface area contributed by atoms with Crippen molar-refractivity contribution in [2.24, 2.45) is 10.7 Å². The third-order valence-corrected chi connectivity index (χ3v) is 3.97. The van der Waals surface area contributed by atoms with Gasteiger partial charge in [-0.2, -0.15) is 0 Å². The van der Waals surface area contributed by atoms with Crippen molar-refractivity contribution in [2.45, 2.75) is 39.7 Å². The number of nitrogens with zero attached hydrogens (tertiary/aromatic N) is 2. The second-order valence-corrected chi connectivity index (χ2v) is 5.94. The number of morpholine rings is 1. The number of aryl methyl sites for hydroxylation is 1. The summed E-state index contributed by atoms with van der Waals surface area (Å²) in [6, 6.07) is 6.26. The predicted octanol–water partition coefficient (Wildman–Crippen LogP) is 2.71. The zero-order chi connectivity index (χ0) is 16.5. The van der Waals surface area contributed by atoms with E-state index in [1.807, 2.05) is 0 Å². The predicted molar refractivity (Wildman–Crippen MR) is 93.9 cm³/mol. The minimum absolute atomic E-state index is 0.548. The highest BCUT2D eigenvalue weighted by molar-refractivity contribution is 5.78. The highest BCUT2D eigenvalue weighted by Crippen LogP contribution is 2.22. The van der Waals surface area contributed by atoms with Crippen LogP contribution < -0.4 is 10.5 Å². The van der Waals surface area contributed by atoms with Gasteiger partial charge < -0.3 is 20.1 Å². The Balaban J connectivity index is 1.97. The molecule has 1 heterocycles. The SMILES string of the molecule is CCCCCOc1cc(C)ccc1CN=C(N)N1CCOCC1. The van der Waals surface area contributed by atoms with E-state index in [1.54, 1.807) is 0 Å². The molecule has 0 bridgehead atoms. The average Bonchev–Trinajstić information content (AvgIpc) is 2.58. The van der Waals surface area contributed by atoms with Crippen LogP contribution in [-0.2, 0) is 11.3 Å². The molecule has 23 heavy (non-hydrogen) atoms. The molecule has 128 valence electrons. The second-order valence-electron chi connectivity index (χ2n) is 5.94. The van der Waals surface area contributed by atoms with E-state index in [1.165, 1.54) is 18.4 Å². The number of hydrogen-bond acceptors (Lipinski definition) is 3. The first-order chi connectivity index (χ1) is 11.2. The number of benzene rings is 1. The van der Waals surface area contributed by atoms with Gasteiger partial charge in [-0.3, -0.25) is 0 Å². The molecular formula is C18H29N3O2. The standard InChI is InChI=1S/C18H29N3O2/c1-3-4-5-10-23-17-13-15(2)6-7-16(17)14-20-18(19)21-8-11-22-12-9-21/h6-7,13H,3-5,8-12,14H2,1-2H3,(H2,19,20). The van der Waals surface area contributed by atoms with E-state index >= 15 is 0 Å². The molecule has 0 spiro atoms. The lowest BCUT2D eigenvalue weighted by atomic mass is 10.1. The molecule has 0 aromatic heterocycles. The summed E-state index contributed by atoms with van der Waals surface area (Å²) in [6.07, 6.45) is 3.48. The Kier molecular flexibility index (Phi) is 7.20. The highest BCUT2D eigenvalue weighted by Gasteiger charge is 2.12. The molecule has 5 heteroatoms. The van der Waals surface area contributed by atoms with Crippen LogP contribution in [0, 0.1) is 6.92 Å². The minimum Gasteiger partial charge on any atom is -0.493 e. The first kappa shape index (κ1) is 17.6. The topological polar surface area (TPSA) is 60.1 Å². The molecule has 0 atom stereocenters. The van der Waals surface area contributed by atoms with Crippen LogP contribution in [0.4, 0.5) is 0 Å². The third kappa shape index (κ3) is 5.75. The zero-order valence-corrected chi connectivity index (χ0v) is 14.4. The second kappa shape index (κ2) is 9.40. The molecule has 1 aliphatic heterocycles. The van der Waals surface area contributed by atoms with Gasteiger partial charge in [0.15, 0.2) is 5.96 Å². The van der Waals surface area contributed by atoms with Crippen molar-refractivity contribution in [1.29, 1.82) is 0 Å². The number of nitrogens with two attached hydrogens (primary N) is 1. The van der Waals surface area contributed by atoms with E-state index in [0.717, 1.165) is 37.4 Å². The van der Waals surface area contributed by atoms with Crippen LogP contribution >= 0.6 is 0 Å². The first-order valence-electron chi connectivity index (χ1n) is 8.55. The number of rotatable bonds is 7. The van der Waals surface area contributed by atoms with E-state index in [0.29, 0.717) is 25.7 Å². The summed E-state index contributed by atoms with van der Waals surface area (Å²) >= 11 is 0. The maximum Gasteiger partial charge on any atom is 0.191 e. The van der Waals surface area contributed by atoms with Crippen molar-refractivity contribution < 1.29 is 9.47 Å². The van der Waals surface area contributed by atoms with Crippen molar-refractivity contribution in [3.8, 4) is 5.75 Å². The lowest BCUT2D eigenvalue weighted by Gasteiger charge is -2.27. The zero-order valence-electron chi connectivity index (χ0n) is 14.4. The molecule has 1 aromatic rings. The van der Waals surface area contributed by atoms with Gasteiger partial charge in [0.1, 0.15) is 5.75 Å². The number of aliphatic imine (C=N–C) groups is 1. The van der Waals surface area contributed by atoms with E-state index in [-0.39, 0.29) is 0 Å². The van der Waals surface area contributed by atoms with Gasteiger partial charge in [0.05, 0.1) is 26.4 Å².